The summed E-state index contributed by atoms with van der Waals surface area (Å²) in [6.45, 7) is 3.83. The van der Waals surface area contributed by atoms with Crippen LogP contribution in [0.2, 0.25) is 0 Å². The quantitative estimate of drug-likeness (QED) is 0.766. The molecule has 0 bridgehead atoms. The van der Waals surface area contributed by atoms with Crippen molar-refractivity contribution in [2.75, 3.05) is 10.6 Å². The number of benzene rings is 1. The first-order valence-corrected chi connectivity index (χ1v) is 7.75. The molecular formula is C15H14N6OS. The normalized spacial score (nSPS) is 10.3. The first-order valence-electron chi connectivity index (χ1n) is 6.87. The summed E-state index contributed by atoms with van der Waals surface area (Å²) in [6.07, 6.45) is 0. The van der Waals surface area contributed by atoms with Crippen molar-refractivity contribution < 1.29 is 4.79 Å². The third-order valence-corrected chi connectivity index (χ3v) is 3.57. The Labute approximate surface area is 136 Å². The molecule has 3 aromatic rings. The van der Waals surface area contributed by atoms with Crippen molar-refractivity contribution >= 4 is 34.0 Å². The number of carbonyl (C=O) groups is 1. The van der Waals surface area contributed by atoms with E-state index < -0.39 is 0 Å². The molecule has 1 aromatic carbocycles. The lowest BCUT2D eigenvalue weighted by Crippen LogP contribution is -2.11. The van der Waals surface area contributed by atoms with Crippen LogP contribution >= 0.6 is 11.3 Å². The van der Waals surface area contributed by atoms with Crippen LogP contribution in [0.15, 0.2) is 35.8 Å². The van der Waals surface area contributed by atoms with E-state index >= 15 is 0 Å². The van der Waals surface area contributed by atoms with Gasteiger partial charge in [-0.2, -0.15) is 0 Å². The minimum Gasteiger partial charge on any atom is -0.324 e. The molecule has 0 atom stereocenters. The van der Waals surface area contributed by atoms with E-state index in [0.29, 0.717) is 16.6 Å². The predicted molar refractivity (Wildman–Crippen MR) is 89.1 cm³/mol. The van der Waals surface area contributed by atoms with Crippen LogP contribution in [0.3, 0.4) is 0 Å². The van der Waals surface area contributed by atoms with Crippen LogP contribution in [0.1, 0.15) is 21.7 Å². The third-order valence-electron chi connectivity index (χ3n) is 2.97. The number of nitrogens with zero attached hydrogens (tertiary/aromatic N) is 4. The lowest BCUT2D eigenvalue weighted by molar-refractivity contribution is 0.102. The molecule has 7 nitrogen and oxygen atoms in total. The van der Waals surface area contributed by atoms with Crippen LogP contribution in [-0.4, -0.2) is 26.1 Å². The second kappa shape index (κ2) is 6.49. The largest absolute Gasteiger partial charge is 0.324 e. The predicted octanol–water partition coefficient (Wildman–Crippen LogP) is 2.94. The minimum atomic E-state index is -0.226. The maximum absolute atomic E-state index is 12.1. The Bertz CT molecular complexity index is 796. The summed E-state index contributed by atoms with van der Waals surface area (Å²) in [5, 5.41) is 13.7. The number of anilines is 3. The van der Waals surface area contributed by atoms with Gasteiger partial charge in [-0.15, -0.1) is 10.2 Å². The van der Waals surface area contributed by atoms with Crippen LogP contribution in [0, 0.1) is 13.8 Å². The fourth-order valence-corrected chi connectivity index (χ4v) is 2.45. The van der Waals surface area contributed by atoms with Gasteiger partial charge in [0.25, 0.3) is 5.91 Å². The fraction of sp³-hybridized carbons (Fsp3) is 0.133. The van der Waals surface area contributed by atoms with Crippen molar-refractivity contribution in [1.82, 2.24) is 20.2 Å². The van der Waals surface area contributed by atoms with Crippen molar-refractivity contribution in [3.63, 3.8) is 0 Å². The molecule has 3 rings (SSSR count). The second-order valence-electron chi connectivity index (χ2n) is 4.87. The molecule has 0 fully saturated rings. The van der Waals surface area contributed by atoms with Crippen molar-refractivity contribution in [3.05, 3.63) is 52.8 Å². The molecule has 0 aliphatic carbocycles. The summed E-state index contributed by atoms with van der Waals surface area (Å²) in [6, 6.07) is 8.96. The summed E-state index contributed by atoms with van der Waals surface area (Å²) < 4.78 is 0. The fourth-order valence-electron chi connectivity index (χ4n) is 2.01. The highest BCUT2D eigenvalue weighted by molar-refractivity contribution is 7.13. The summed E-state index contributed by atoms with van der Waals surface area (Å²) >= 11 is 1.27. The highest BCUT2D eigenvalue weighted by Gasteiger charge is 2.08. The van der Waals surface area contributed by atoms with Gasteiger partial charge in [-0.25, -0.2) is 9.97 Å². The molecule has 0 radical (unpaired) electrons. The summed E-state index contributed by atoms with van der Waals surface area (Å²) in [7, 11) is 0. The number of rotatable bonds is 4. The lowest BCUT2D eigenvalue weighted by Gasteiger charge is -2.07. The zero-order valence-electron chi connectivity index (χ0n) is 12.6. The second-order valence-corrected chi connectivity index (χ2v) is 5.71. The van der Waals surface area contributed by atoms with E-state index in [9.17, 15) is 4.79 Å². The number of aromatic nitrogens is 4. The van der Waals surface area contributed by atoms with Crippen LogP contribution in [0.4, 0.5) is 16.8 Å². The van der Waals surface area contributed by atoms with Gasteiger partial charge in [0.15, 0.2) is 0 Å². The van der Waals surface area contributed by atoms with Crippen LogP contribution in [0.5, 0.6) is 0 Å². The summed E-state index contributed by atoms with van der Waals surface area (Å²) in [5.74, 6) is 0.310. The van der Waals surface area contributed by atoms with Gasteiger partial charge in [0.2, 0.25) is 11.1 Å². The van der Waals surface area contributed by atoms with Crippen molar-refractivity contribution in [2.45, 2.75) is 13.8 Å². The first kappa shape index (κ1) is 15.0. The van der Waals surface area contributed by atoms with Gasteiger partial charge >= 0.3 is 0 Å². The van der Waals surface area contributed by atoms with E-state index in [0.717, 1.165) is 17.1 Å². The van der Waals surface area contributed by atoms with E-state index in [1.54, 1.807) is 29.8 Å². The van der Waals surface area contributed by atoms with Gasteiger partial charge in [0.05, 0.1) is 0 Å². The van der Waals surface area contributed by atoms with E-state index in [4.69, 9.17) is 0 Å². The average molecular weight is 326 g/mol. The van der Waals surface area contributed by atoms with E-state index in [-0.39, 0.29) is 5.91 Å². The van der Waals surface area contributed by atoms with Crippen molar-refractivity contribution in [3.8, 4) is 0 Å². The molecule has 23 heavy (non-hydrogen) atoms. The Morgan fingerprint density at radius 2 is 1.78 bits per heavy atom. The Balaban J connectivity index is 1.70. The van der Waals surface area contributed by atoms with E-state index in [1.165, 1.54) is 11.3 Å². The van der Waals surface area contributed by atoms with Crippen LogP contribution in [-0.2, 0) is 0 Å². The van der Waals surface area contributed by atoms with Crippen LogP contribution in [0.25, 0.3) is 0 Å². The molecule has 0 unspecified atom stereocenters. The standard InChI is InChI=1S/C15H14N6OS/c1-9-7-10(2)18-14(17-9)19-12-5-3-11(4-6-12)13(22)20-15-21-16-8-23-15/h3-8H,1-2H3,(H,17,18,19)(H,20,21,22). The van der Waals surface area contributed by atoms with Gasteiger partial charge in [0, 0.05) is 22.6 Å². The Hall–Kier alpha value is -2.87. The molecule has 2 N–H and O–H groups in total. The molecule has 2 heterocycles. The van der Waals surface area contributed by atoms with Gasteiger partial charge < -0.3 is 5.32 Å². The number of hydrogen-bond acceptors (Lipinski definition) is 7. The zero-order valence-corrected chi connectivity index (χ0v) is 13.4. The number of hydrogen-bond donors (Lipinski definition) is 2. The molecule has 0 spiro atoms. The van der Waals surface area contributed by atoms with Gasteiger partial charge in [-0.05, 0) is 44.2 Å². The molecule has 116 valence electrons. The molecule has 0 saturated carbocycles. The minimum absolute atomic E-state index is 0.226. The molecule has 0 saturated heterocycles. The number of amides is 1. The highest BCUT2D eigenvalue weighted by Crippen LogP contribution is 2.16. The van der Waals surface area contributed by atoms with E-state index in [2.05, 4.69) is 30.8 Å². The topological polar surface area (TPSA) is 92.7 Å². The highest BCUT2D eigenvalue weighted by atomic mass is 32.1. The SMILES string of the molecule is Cc1cc(C)nc(Nc2ccc(C(=O)Nc3nncs3)cc2)n1. The lowest BCUT2D eigenvalue weighted by atomic mass is 10.2. The molecule has 0 aliphatic heterocycles. The third kappa shape index (κ3) is 3.86. The summed E-state index contributed by atoms with van der Waals surface area (Å²) in [4.78, 5) is 20.7. The molecule has 2 aromatic heterocycles. The maximum Gasteiger partial charge on any atom is 0.257 e. The molecule has 0 aliphatic rings. The Morgan fingerprint density at radius 3 is 2.39 bits per heavy atom. The number of nitrogens with one attached hydrogen (secondary N) is 2. The number of aryl methyl sites for hydroxylation is 2. The monoisotopic (exact) mass is 326 g/mol. The van der Waals surface area contributed by atoms with Crippen molar-refractivity contribution in [2.24, 2.45) is 0 Å². The van der Waals surface area contributed by atoms with Gasteiger partial charge in [-0.1, -0.05) is 11.3 Å². The smallest absolute Gasteiger partial charge is 0.257 e. The molecule has 8 heteroatoms. The van der Waals surface area contributed by atoms with Gasteiger partial charge in [0.1, 0.15) is 5.51 Å². The molecular weight excluding hydrogens is 312 g/mol. The first-order chi connectivity index (χ1) is 11.1. The van der Waals surface area contributed by atoms with E-state index in [1.807, 2.05) is 19.9 Å². The Kier molecular flexibility index (Phi) is 4.24. The maximum atomic E-state index is 12.1. The van der Waals surface area contributed by atoms with Crippen molar-refractivity contribution in [1.29, 1.82) is 0 Å². The Morgan fingerprint density at radius 1 is 1.09 bits per heavy atom. The molecule has 1 amide bonds. The average Bonchev–Trinajstić information content (AvgIpc) is 3.00. The summed E-state index contributed by atoms with van der Waals surface area (Å²) in [5.41, 5.74) is 4.70. The van der Waals surface area contributed by atoms with Crippen LogP contribution < -0.4 is 10.6 Å². The zero-order chi connectivity index (χ0) is 16.2. The van der Waals surface area contributed by atoms with Gasteiger partial charge in [-0.3, -0.25) is 10.1 Å². The number of carbonyl (C=O) groups excluding carboxylic acids is 1.